The average Bonchev–Trinajstić information content (AvgIpc) is 3.16. The molecular formula is C16H10ClF3N6O4S. The van der Waals surface area contributed by atoms with Crippen molar-refractivity contribution in [2.24, 2.45) is 0 Å². The summed E-state index contributed by atoms with van der Waals surface area (Å²) in [7, 11) is 0. The van der Waals surface area contributed by atoms with Crippen molar-refractivity contribution in [2.45, 2.75) is 11.5 Å². The lowest BCUT2D eigenvalue weighted by Gasteiger charge is -2.10. The van der Waals surface area contributed by atoms with Crippen LogP contribution in [0.4, 0.5) is 24.5 Å². The van der Waals surface area contributed by atoms with E-state index >= 15 is 0 Å². The maximum absolute atomic E-state index is 12.3. The number of tetrazole rings is 1. The largest absolute Gasteiger partial charge is 0.573 e. The van der Waals surface area contributed by atoms with Gasteiger partial charge in [0.25, 0.3) is 5.69 Å². The molecule has 2 aromatic carbocycles. The summed E-state index contributed by atoms with van der Waals surface area (Å²) in [6, 6.07) is 8.42. The monoisotopic (exact) mass is 474 g/mol. The molecule has 0 bridgehead atoms. The Morgan fingerprint density at radius 3 is 2.61 bits per heavy atom. The fraction of sp³-hybridized carbons (Fsp3) is 0.125. The minimum Gasteiger partial charge on any atom is -0.406 e. The second-order valence-electron chi connectivity index (χ2n) is 5.67. The average molecular weight is 475 g/mol. The van der Waals surface area contributed by atoms with Gasteiger partial charge in [0.2, 0.25) is 11.1 Å². The van der Waals surface area contributed by atoms with Gasteiger partial charge < -0.3 is 10.1 Å². The number of amides is 1. The highest BCUT2D eigenvalue weighted by molar-refractivity contribution is 7.99. The van der Waals surface area contributed by atoms with Crippen LogP contribution in [-0.4, -0.2) is 43.2 Å². The molecule has 0 saturated heterocycles. The Morgan fingerprint density at radius 1 is 1.26 bits per heavy atom. The van der Waals surface area contributed by atoms with Crippen LogP contribution in [0.3, 0.4) is 0 Å². The molecule has 1 aromatic heterocycles. The Morgan fingerprint density at radius 2 is 1.97 bits per heavy atom. The molecule has 0 aliphatic heterocycles. The van der Waals surface area contributed by atoms with Crippen molar-refractivity contribution in [3.63, 3.8) is 0 Å². The first-order valence-electron chi connectivity index (χ1n) is 8.13. The lowest BCUT2D eigenvalue weighted by molar-refractivity contribution is -0.384. The summed E-state index contributed by atoms with van der Waals surface area (Å²) in [5, 5.41) is 24.6. The molecule has 3 aromatic rings. The van der Waals surface area contributed by atoms with Gasteiger partial charge in [-0.1, -0.05) is 23.4 Å². The summed E-state index contributed by atoms with van der Waals surface area (Å²) in [4.78, 5) is 22.4. The van der Waals surface area contributed by atoms with Crippen molar-refractivity contribution in [1.82, 2.24) is 20.2 Å². The number of alkyl halides is 3. The maximum atomic E-state index is 12.3. The number of non-ortho nitro benzene ring substituents is 1. The number of nitro groups is 1. The highest BCUT2D eigenvalue weighted by Crippen LogP contribution is 2.28. The highest BCUT2D eigenvalue weighted by Gasteiger charge is 2.31. The van der Waals surface area contributed by atoms with E-state index in [9.17, 15) is 28.1 Å². The van der Waals surface area contributed by atoms with E-state index in [1.807, 2.05) is 0 Å². The molecule has 0 fully saturated rings. The van der Waals surface area contributed by atoms with Crippen LogP contribution in [-0.2, 0) is 4.79 Å². The minimum absolute atomic E-state index is 0.0707. The lowest BCUT2D eigenvalue weighted by Crippen LogP contribution is -2.17. The van der Waals surface area contributed by atoms with Gasteiger partial charge in [0, 0.05) is 12.1 Å². The van der Waals surface area contributed by atoms with E-state index < -0.39 is 22.9 Å². The van der Waals surface area contributed by atoms with Crippen LogP contribution in [0.5, 0.6) is 5.75 Å². The third-order valence-corrected chi connectivity index (χ3v) is 4.77. The quantitative estimate of drug-likeness (QED) is 0.311. The van der Waals surface area contributed by atoms with Gasteiger partial charge in [0.15, 0.2) is 0 Å². The number of rotatable bonds is 7. The summed E-state index contributed by atoms with van der Waals surface area (Å²) < 4.78 is 41.8. The molecule has 1 amide bonds. The molecule has 1 N–H and O–H groups in total. The molecule has 10 nitrogen and oxygen atoms in total. The molecule has 0 radical (unpaired) electrons. The number of carbonyl (C=O) groups is 1. The van der Waals surface area contributed by atoms with Gasteiger partial charge >= 0.3 is 6.36 Å². The van der Waals surface area contributed by atoms with Gasteiger partial charge in [-0.25, -0.2) is 0 Å². The van der Waals surface area contributed by atoms with Gasteiger partial charge in [0.05, 0.1) is 27.1 Å². The Hall–Kier alpha value is -3.39. The SMILES string of the molecule is O=C(CSc1nnnn1-c1ccc(OC(F)(F)F)cc1)Nc1cc([N+](=O)[O-])ccc1Cl. The van der Waals surface area contributed by atoms with Crippen molar-refractivity contribution in [1.29, 1.82) is 0 Å². The Labute approximate surface area is 180 Å². The number of ether oxygens (including phenoxy) is 1. The molecule has 3 rings (SSSR count). The van der Waals surface area contributed by atoms with Gasteiger partial charge in [-0.3, -0.25) is 14.9 Å². The van der Waals surface area contributed by atoms with Crippen molar-refractivity contribution < 1.29 is 27.6 Å². The van der Waals surface area contributed by atoms with Crippen molar-refractivity contribution in [2.75, 3.05) is 11.1 Å². The number of nitrogens with one attached hydrogen (secondary N) is 1. The van der Waals surface area contributed by atoms with Crippen LogP contribution in [0.1, 0.15) is 0 Å². The number of thioether (sulfide) groups is 1. The molecule has 0 aliphatic carbocycles. The molecule has 0 unspecified atom stereocenters. The predicted octanol–water partition coefficient (Wildman–Crippen LogP) is 3.85. The number of hydrogen-bond acceptors (Lipinski definition) is 8. The number of anilines is 1. The van der Waals surface area contributed by atoms with E-state index in [4.69, 9.17) is 11.6 Å². The Balaban J connectivity index is 1.65. The summed E-state index contributed by atoms with van der Waals surface area (Å²) in [5.41, 5.74) is 0.166. The number of aromatic nitrogens is 4. The minimum atomic E-state index is -4.81. The normalized spacial score (nSPS) is 11.2. The summed E-state index contributed by atoms with van der Waals surface area (Å²) in [5.74, 6) is -1.11. The van der Waals surface area contributed by atoms with Gasteiger partial charge in [-0.05, 0) is 40.8 Å². The van der Waals surface area contributed by atoms with Gasteiger partial charge in [-0.15, -0.1) is 18.3 Å². The molecule has 1 heterocycles. The summed E-state index contributed by atoms with van der Waals surface area (Å²) in [6.45, 7) is 0. The number of halogens is 4. The molecule has 0 spiro atoms. The predicted molar refractivity (Wildman–Crippen MR) is 103 cm³/mol. The fourth-order valence-electron chi connectivity index (χ4n) is 2.26. The van der Waals surface area contributed by atoms with Crippen LogP contribution < -0.4 is 10.1 Å². The number of hydrogen-bond donors (Lipinski definition) is 1. The van der Waals surface area contributed by atoms with E-state index in [0.717, 1.165) is 30.0 Å². The molecule has 0 saturated carbocycles. The van der Waals surface area contributed by atoms with E-state index in [0.29, 0.717) is 5.69 Å². The molecular weight excluding hydrogens is 465 g/mol. The number of benzene rings is 2. The van der Waals surface area contributed by atoms with Crippen LogP contribution >= 0.6 is 23.4 Å². The maximum Gasteiger partial charge on any atom is 0.573 e. The zero-order valence-corrected chi connectivity index (χ0v) is 16.6. The first-order valence-corrected chi connectivity index (χ1v) is 9.50. The Kier molecular flexibility index (Phi) is 6.60. The van der Waals surface area contributed by atoms with Crippen molar-refractivity contribution >= 4 is 40.6 Å². The molecule has 0 atom stereocenters. The number of carbonyl (C=O) groups excluding carboxylic acids is 1. The van der Waals surface area contributed by atoms with E-state index in [1.165, 1.54) is 28.9 Å². The second-order valence-corrected chi connectivity index (χ2v) is 7.02. The first kappa shape index (κ1) is 22.3. The van der Waals surface area contributed by atoms with Gasteiger partial charge in [-0.2, -0.15) is 4.68 Å². The summed E-state index contributed by atoms with van der Waals surface area (Å²) in [6.07, 6.45) is -4.81. The summed E-state index contributed by atoms with van der Waals surface area (Å²) >= 11 is 6.87. The third-order valence-electron chi connectivity index (χ3n) is 3.52. The topological polar surface area (TPSA) is 125 Å². The standard InChI is InChI=1S/C16H10ClF3N6O4S/c17-12-6-3-10(26(28)29)7-13(12)21-14(27)8-31-15-22-23-24-25(15)9-1-4-11(5-2-9)30-16(18,19)20/h1-7H,8H2,(H,21,27). The van der Waals surface area contributed by atoms with Crippen LogP contribution in [0, 0.1) is 10.1 Å². The van der Waals surface area contributed by atoms with Crippen LogP contribution in [0.15, 0.2) is 47.6 Å². The molecule has 31 heavy (non-hydrogen) atoms. The zero-order valence-electron chi connectivity index (χ0n) is 15.0. The second kappa shape index (κ2) is 9.18. The molecule has 15 heteroatoms. The van der Waals surface area contributed by atoms with E-state index in [1.54, 1.807) is 0 Å². The first-order chi connectivity index (χ1) is 14.6. The smallest absolute Gasteiger partial charge is 0.406 e. The van der Waals surface area contributed by atoms with Crippen molar-refractivity contribution in [3.05, 3.63) is 57.6 Å². The Bertz CT molecular complexity index is 1110. The lowest BCUT2D eigenvalue weighted by atomic mass is 10.3. The fourth-order valence-corrected chi connectivity index (χ4v) is 3.11. The van der Waals surface area contributed by atoms with Crippen LogP contribution in [0.25, 0.3) is 5.69 Å². The zero-order chi connectivity index (χ0) is 22.6. The van der Waals surface area contributed by atoms with E-state index in [2.05, 4.69) is 25.6 Å². The van der Waals surface area contributed by atoms with E-state index in [-0.39, 0.29) is 27.3 Å². The highest BCUT2D eigenvalue weighted by atomic mass is 35.5. The van der Waals surface area contributed by atoms with Crippen LogP contribution in [0.2, 0.25) is 5.02 Å². The van der Waals surface area contributed by atoms with Crippen molar-refractivity contribution in [3.8, 4) is 11.4 Å². The number of nitro benzene ring substituents is 1. The number of nitrogens with zero attached hydrogens (tertiary/aromatic N) is 5. The van der Waals surface area contributed by atoms with Gasteiger partial charge in [0.1, 0.15) is 5.75 Å². The third kappa shape index (κ3) is 6.05. The molecule has 162 valence electrons. The molecule has 0 aliphatic rings.